The van der Waals surface area contributed by atoms with E-state index in [0.717, 1.165) is 16.7 Å². The molecule has 0 spiro atoms. The van der Waals surface area contributed by atoms with Crippen molar-refractivity contribution in [2.24, 2.45) is 5.73 Å². The van der Waals surface area contributed by atoms with Gasteiger partial charge in [-0.2, -0.15) is 0 Å². The van der Waals surface area contributed by atoms with E-state index in [1.54, 1.807) is 18.2 Å². The van der Waals surface area contributed by atoms with Crippen molar-refractivity contribution < 1.29 is 5.11 Å². The van der Waals surface area contributed by atoms with E-state index < -0.39 is 0 Å². The highest BCUT2D eigenvalue weighted by Gasteiger charge is 2.01. The van der Waals surface area contributed by atoms with Gasteiger partial charge in [0, 0.05) is 5.56 Å². The van der Waals surface area contributed by atoms with Crippen molar-refractivity contribution in [1.82, 2.24) is 0 Å². The quantitative estimate of drug-likeness (QED) is 0.778. The lowest BCUT2D eigenvalue weighted by atomic mass is 10.0. The predicted molar refractivity (Wildman–Crippen MR) is 69.4 cm³/mol. The summed E-state index contributed by atoms with van der Waals surface area (Å²) in [4.78, 5) is 0.377. The van der Waals surface area contributed by atoms with Gasteiger partial charge in [-0.1, -0.05) is 42.5 Å². The van der Waals surface area contributed by atoms with Crippen molar-refractivity contribution in [2.45, 2.75) is 0 Å². The van der Waals surface area contributed by atoms with E-state index in [9.17, 15) is 5.11 Å². The van der Waals surface area contributed by atoms with E-state index in [4.69, 9.17) is 18.0 Å². The minimum Gasteiger partial charge on any atom is -0.508 e. The highest BCUT2D eigenvalue weighted by atomic mass is 32.1. The van der Waals surface area contributed by atoms with Crippen molar-refractivity contribution >= 4 is 17.2 Å². The number of benzene rings is 2. The molecule has 3 heteroatoms. The highest BCUT2D eigenvalue weighted by molar-refractivity contribution is 7.80. The van der Waals surface area contributed by atoms with Crippen LogP contribution in [0.4, 0.5) is 0 Å². The fraction of sp³-hybridized carbons (Fsp3) is 0. The Hall–Kier alpha value is -1.87. The van der Waals surface area contributed by atoms with Crippen LogP contribution in [0.3, 0.4) is 0 Å². The van der Waals surface area contributed by atoms with Crippen molar-refractivity contribution in [1.29, 1.82) is 0 Å². The van der Waals surface area contributed by atoms with E-state index in [1.807, 2.05) is 30.3 Å². The Morgan fingerprint density at radius 2 is 1.62 bits per heavy atom. The summed E-state index contributed by atoms with van der Waals surface area (Å²) in [7, 11) is 0. The van der Waals surface area contributed by atoms with Crippen molar-refractivity contribution in [3.8, 4) is 16.9 Å². The molecule has 0 aliphatic heterocycles. The maximum Gasteiger partial charge on any atom is 0.116 e. The average molecular weight is 229 g/mol. The van der Waals surface area contributed by atoms with Gasteiger partial charge >= 0.3 is 0 Å². The third-order valence-corrected chi connectivity index (χ3v) is 2.56. The molecule has 0 aliphatic carbocycles. The SMILES string of the molecule is NC(=S)c1cccc(-c2cccc(O)c2)c1. The normalized spacial score (nSPS) is 10.0. The van der Waals surface area contributed by atoms with Crippen LogP contribution < -0.4 is 5.73 Å². The molecule has 0 fully saturated rings. The molecule has 16 heavy (non-hydrogen) atoms. The smallest absolute Gasteiger partial charge is 0.116 e. The van der Waals surface area contributed by atoms with Gasteiger partial charge < -0.3 is 10.8 Å². The van der Waals surface area contributed by atoms with Crippen LogP contribution in [-0.4, -0.2) is 10.1 Å². The summed E-state index contributed by atoms with van der Waals surface area (Å²) >= 11 is 4.93. The fourth-order valence-corrected chi connectivity index (χ4v) is 1.66. The summed E-state index contributed by atoms with van der Waals surface area (Å²) in [6, 6.07) is 14.7. The van der Waals surface area contributed by atoms with Gasteiger partial charge in [-0.3, -0.25) is 0 Å². The molecule has 2 rings (SSSR count). The summed E-state index contributed by atoms with van der Waals surface area (Å²) in [6.45, 7) is 0. The van der Waals surface area contributed by atoms with Crippen LogP contribution in [0.25, 0.3) is 11.1 Å². The third-order valence-electron chi connectivity index (χ3n) is 2.33. The molecule has 0 unspecified atom stereocenters. The molecule has 3 N–H and O–H groups in total. The average Bonchev–Trinajstić information content (AvgIpc) is 2.29. The van der Waals surface area contributed by atoms with E-state index >= 15 is 0 Å². The van der Waals surface area contributed by atoms with Gasteiger partial charge in [-0.25, -0.2) is 0 Å². The molecule has 0 atom stereocenters. The van der Waals surface area contributed by atoms with Gasteiger partial charge in [0.15, 0.2) is 0 Å². The topological polar surface area (TPSA) is 46.2 Å². The molecule has 2 aromatic rings. The van der Waals surface area contributed by atoms with Gasteiger partial charge in [0.25, 0.3) is 0 Å². The predicted octanol–water partition coefficient (Wildman–Crippen LogP) is 2.69. The Bertz CT molecular complexity index is 537. The monoisotopic (exact) mass is 229 g/mol. The van der Waals surface area contributed by atoms with E-state index in [0.29, 0.717) is 4.99 Å². The zero-order valence-electron chi connectivity index (χ0n) is 8.55. The van der Waals surface area contributed by atoms with Crippen LogP contribution in [0.2, 0.25) is 0 Å². The Balaban J connectivity index is 2.48. The molecule has 0 saturated heterocycles. The summed E-state index contributed by atoms with van der Waals surface area (Å²) in [6.07, 6.45) is 0. The molecule has 2 aromatic carbocycles. The number of thiocarbonyl (C=S) groups is 1. The molecule has 0 amide bonds. The van der Waals surface area contributed by atoms with Crippen LogP contribution >= 0.6 is 12.2 Å². The fourth-order valence-electron chi connectivity index (χ4n) is 1.54. The lowest BCUT2D eigenvalue weighted by Gasteiger charge is -2.04. The molecular weight excluding hydrogens is 218 g/mol. The molecule has 2 nitrogen and oxygen atoms in total. The van der Waals surface area contributed by atoms with Gasteiger partial charge in [0.05, 0.1) is 0 Å². The zero-order chi connectivity index (χ0) is 11.5. The first-order valence-corrected chi connectivity index (χ1v) is 5.27. The third kappa shape index (κ3) is 2.20. The number of hydrogen-bond donors (Lipinski definition) is 2. The molecule has 0 saturated carbocycles. The molecule has 0 radical (unpaired) electrons. The van der Waals surface area contributed by atoms with E-state index in [-0.39, 0.29) is 5.75 Å². The molecule has 0 bridgehead atoms. The number of rotatable bonds is 2. The number of phenols is 1. The first kappa shape index (κ1) is 10.6. The zero-order valence-corrected chi connectivity index (χ0v) is 9.37. The van der Waals surface area contributed by atoms with E-state index in [1.165, 1.54) is 0 Å². The molecule has 0 heterocycles. The van der Waals surface area contributed by atoms with Crippen LogP contribution in [0.15, 0.2) is 48.5 Å². The first-order chi connectivity index (χ1) is 7.66. The largest absolute Gasteiger partial charge is 0.508 e. The van der Waals surface area contributed by atoms with Gasteiger partial charge in [-0.05, 0) is 29.3 Å². The summed E-state index contributed by atoms with van der Waals surface area (Å²) < 4.78 is 0. The van der Waals surface area contributed by atoms with Crippen LogP contribution in [0.5, 0.6) is 5.75 Å². The number of phenolic OH excluding ortho intramolecular Hbond substituents is 1. The molecule has 0 aliphatic rings. The minimum atomic E-state index is 0.248. The number of nitrogens with two attached hydrogens (primary N) is 1. The number of aromatic hydroxyl groups is 1. The Labute approximate surface area is 99.3 Å². The van der Waals surface area contributed by atoms with Crippen LogP contribution in [0, 0.1) is 0 Å². The summed E-state index contributed by atoms with van der Waals surface area (Å²) in [5.41, 5.74) is 8.33. The lowest BCUT2D eigenvalue weighted by Crippen LogP contribution is -2.08. The van der Waals surface area contributed by atoms with Crippen LogP contribution in [-0.2, 0) is 0 Å². The Kier molecular flexibility index (Phi) is 2.88. The summed E-state index contributed by atoms with van der Waals surface area (Å²) in [5.74, 6) is 0.248. The second-order valence-electron chi connectivity index (χ2n) is 3.50. The molecule has 80 valence electrons. The summed E-state index contributed by atoms with van der Waals surface area (Å²) in [5, 5.41) is 9.40. The van der Waals surface area contributed by atoms with Crippen molar-refractivity contribution in [3.63, 3.8) is 0 Å². The van der Waals surface area contributed by atoms with Crippen molar-refractivity contribution in [3.05, 3.63) is 54.1 Å². The van der Waals surface area contributed by atoms with Crippen molar-refractivity contribution in [2.75, 3.05) is 0 Å². The number of hydrogen-bond acceptors (Lipinski definition) is 2. The maximum absolute atomic E-state index is 9.40. The van der Waals surface area contributed by atoms with Crippen LogP contribution in [0.1, 0.15) is 5.56 Å². The Morgan fingerprint density at radius 3 is 2.25 bits per heavy atom. The first-order valence-electron chi connectivity index (χ1n) is 4.86. The lowest BCUT2D eigenvalue weighted by molar-refractivity contribution is 0.475. The maximum atomic E-state index is 9.40. The second-order valence-corrected chi connectivity index (χ2v) is 3.94. The van der Waals surface area contributed by atoms with Gasteiger partial charge in [0.1, 0.15) is 10.7 Å². The minimum absolute atomic E-state index is 0.248. The van der Waals surface area contributed by atoms with E-state index in [2.05, 4.69) is 0 Å². The highest BCUT2D eigenvalue weighted by Crippen LogP contribution is 2.23. The van der Waals surface area contributed by atoms with Gasteiger partial charge in [0.2, 0.25) is 0 Å². The second kappa shape index (κ2) is 4.33. The Morgan fingerprint density at radius 1 is 1.00 bits per heavy atom. The van der Waals surface area contributed by atoms with Gasteiger partial charge in [-0.15, -0.1) is 0 Å². The molecule has 0 aromatic heterocycles. The standard InChI is InChI=1S/C13H11NOS/c14-13(16)11-5-1-3-9(7-11)10-4-2-6-12(15)8-10/h1-8,15H,(H2,14,16). The molecular formula is C13H11NOS.